The van der Waals surface area contributed by atoms with Gasteiger partial charge in [-0.1, -0.05) is 0 Å². The van der Waals surface area contributed by atoms with E-state index in [1.54, 1.807) is 13.4 Å². The van der Waals surface area contributed by atoms with E-state index in [1.165, 1.54) is 0 Å². The van der Waals surface area contributed by atoms with E-state index in [4.69, 9.17) is 0 Å². The number of nitrogens with zero attached hydrogens (tertiary/aromatic N) is 3. The van der Waals surface area contributed by atoms with Crippen LogP contribution in [0.1, 0.15) is 26.6 Å². The van der Waals surface area contributed by atoms with Gasteiger partial charge in [-0.05, 0) is 20.8 Å². The second-order valence-electron chi connectivity index (χ2n) is 4.56. The Balaban J connectivity index is 2.45. The largest absolute Gasteiger partial charge is 0.359 e. The van der Waals surface area contributed by atoms with Crippen LogP contribution < -0.4 is 10.6 Å². The molecule has 0 saturated heterocycles. The predicted octanol–water partition coefficient (Wildman–Crippen LogP) is 0.160. The van der Waals surface area contributed by atoms with Crippen LogP contribution >= 0.6 is 0 Å². The second-order valence-corrected chi connectivity index (χ2v) is 4.56. The minimum Gasteiger partial charge on any atom is -0.359 e. The van der Waals surface area contributed by atoms with E-state index in [1.807, 2.05) is 25.5 Å². The summed E-state index contributed by atoms with van der Waals surface area (Å²) in [7, 11) is 1.65. The average molecular weight is 239 g/mol. The van der Waals surface area contributed by atoms with Gasteiger partial charge in [0, 0.05) is 20.1 Å². The zero-order valence-electron chi connectivity index (χ0n) is 10.9. The van der Waals surface area contributed by atoms with Crippen molar-refractivity contribution in [1.82, 2.24) is 25.4 Å². The molecule has 0 atom stereocenters. The van der Waals surface area contributed by atoms with Crippen LogP contribution in [0.4, 0.5) is 0 Å². The molecule has 1 rings (SSSR count). The van der Waals surface area contributed by atoms with Gasteiger partial charge in [-0.3, -0.25) is 4.79 Å². The van der Waals surface area contributed by atoms with Crippen LogP contribution in [0.15, 0.2) is 6.33 Å². The molecule has 6 heteroatoms. The van der Waals surface area contributed by atoms with Gasteiger partial charge in [0.15, 0.2) is 0 Å². The van der Waals surface area contributed by atoms with Crippen LogP contribution in [0, 0.1) is 5.41 Å². The summed E-state index contributed by atoms with van der Waals surface area (Å²) < 4.78 is 1.83. The smallest absolute Gasteiger partial charge is 0.226 e. The zero-order chi connectivity index (χ0) is 12.9. The van der Waals surface area contributed by atoms with Crippen molar-refractivity contribution in [3.05, 3.63) is 12.2 Å². The first-order valence-corrected chi connectivity index (χ1v) is 5.81. The van der Waals surface area contributed by atoms with Gasteiger partial charge in [-0.15, -0.1) is 0 Å². The fourth-order valence-corrected chi connectivity index (χ4v) is 1.59. The molecule has 0 aliphatic carbocycles. The molecule has 0 saturated carbocycles. The minimum atomic E-state index is -0.425. The monoisotopic (exact) mass is 239 g/mol. The number of carbonyl (C=O) groups is 1. The Morgan fingerprint density at radius 3 is 2.82 bits per heavy atom. The lowest BCUT2D eigenvalue weighted by Crippen LogP contribution is -2.42. The molecule has 6 nitrogen and oxygen atoms in total. The van der Waals surface area contributed by atoms with Crippen molar-refractivity contribution in [2.45, 2.75) is 33.9 Å². The minimum absolute atomic E-state index is 0.0296. The normalized spacial score (nSPS) is 11.5. The summed E-state index contributed by atoms with van der Waals surface area (Å²) in [5, 5.41) is 9.98. The number of rotatable bonds is 6. The molecular formula is C11H21N5O. The van der Waals surface area contributed by atoms with E-state index >= 15 is 0 Å². The number of aryl methyl sites for hydroxylation is 1. The zero-order valence-corrected chi connectivity index (χ0v) is 10.9. The highest BCUT2D eigenvalue weighted by Gasteiger charge is 2.25. The second kappa shape index (κ2) is 5.77. The third-order valence-corrected chi connectivity index (χ3v) is 2.69. The quantitative estimate of drug-likeness (QED) is 0.742. The van der Waals surface area contributed by atoms with Crippen LogP contribution in [0.25, 0.3) is 0 Å². The molecule has 0 aliphatic heterocycles. The Kier molecular flexibility index (Phi) is 4.62. The highest BCUT2D eigenvalue weighted by molar-refractivity contribution is 5.81. The lowest BCUT2D eigenvalue weighted by atomic mass is 9.92. The Labute approximate surface area is 102 Å². The van der Waals surface area contributed by atoms with Gasteiger partial charge < -0.3 is 10.6 Å². The first-order chi connectivity index (χ1) is 8.01. The summed E-state index contributed by atoms with van der Waals surface area (Å²) >= 11 is 0. The Morgan fingerprint density at radius 2 is 2.24 bits per heavy atom. The molecular weight excluding hydrogens is 218 g/mol. The highest BCUT2D eigenvalue weighted by Crippen LogP contribution is 2.13. The van der Waals surface area contributed by atoms with Gasteiger partial charge in [-0.25, -0.2) is 9.67 Å². The van der Waals surface area contributed by atoms with Crippen LogP contribution in [-0.4, -0.2) is 34.3 Å². The van der Waals surface area contributed by atoms with Crippen LogP contribution in [-0.2, 0) is 17.9 Å². The van der Waals surface area contributed by atoms with E-state index in [2.05, 4.69) is 20.7 Å². The number of carbonyl (C=O) groups excluding carboxylic acids is 1. The maximum atomic E-state index is 11.6. The lowest BCUT2D eigenvalue weighted by Gasteiger charge is -2.22. The van der Waals surface area contributed by atoms with Gasteiger partial charge in [0.25, 0.3) is 0 Å². The molecule has 0 unspecified atom stereocenters. The standard InChI is InChI=1S/C11H21N5O/c1-5-16-9(14-8-15-16)6-13-7-11(2,3)10(17)12-4/h8,13H,5-7H2,1-4H3,(H,12,17). The van der Waals surface area contributed by atoms with Gasteiger partial charge in [0.1, 0.15) is 12.2 Å². The van der Waals surface area contributed by atoms with E-state index in [0.29, 0.717) is 13.1 Å². The lowest BCUT2D eigenvalue weighted by molar-refractivity contribution is -0.128. The summed E-state index contributed by atoms with van der Waals surface area (Å²) in [6.07, 6.45) is 1.55. The molecule has 1 aromatic heterocycles. The topological polar surface area (TPSA) is 71.8 Å². The molecule has 1 aromatic rings. The Hall–Kier alpha value is -1.43. The molecule has 0 radical (unpaired) electrons. The number of aromatic nitrogens is 3. The number of hydrogen-bond acceptors (Lipinski definition) is 4. The van der Waals surface area contributed by atoms with Crippen molar-refractivity contribution in [2.75, 3.05) is 13.6 Å². The summed E-state index contributed by atoms with van der Waals surface area (Å²) in [6, 6.07) is 0. The van der Waals surface area contributed by atoms with Gasteiger partial charge in [-0.2, -0.15) is 5.10 Å². The van der Waals surface area contributed by atoms with Crippen LogP contribution in [0.5, 0.6) is 0 Å². The molecule has 0 fully saturated rings. The summed E-state index contributed by atoms with van der Waals surface area (Å²) in [6.45, 7) is 7.85. The Bertz CT molecular complexity index is 372. The average Bonchev–Trinajstić information content (AvgIpc) is 2.75. The fraction of sp³-hybridized carbons (Fsp3) is 0.727. The molecule has 1 amide bonds. The van der Waals surface area contributed by atoms with Crippen molar-refractivity contribution in [1.29, 1.82) is 0 Å². The van der Waals surface area contributed by atoms with E-state index in [-0.39, 0.29) is 5.91 Å². The number of hydrogen-bond donors (Lipinski definition) is 2. The van der Waals surface area contributed by atoms with Crippen LogP contribution in [0.2, 0.25) is 0 Å². The third-order valence-electron chi connectivity index (χ3n) is 2.69. The van der Waals surface area contributed by atoms with Crippen molar-refractivity contribution in [3.63, 3.8) is 0 Å². The molecule has 96 valence electrons. The summed E-state index contributed by atoms with van der Waals surface area (Å²) in [4.78, 5) is 15.7. The molecule has 0 bridgehead atoms. The molecule has 0 spiro atoms. The molecule has 1 heterocycles. The van der Waals surface area contributed by atoms with Crippen LogP contribution in [0.3, 0.4) is 0 Å². The summed E-state index contributed by atoms with van der Waals surface area (Å²) in [5.41, 5.74) is -0.425. The van der Waals surface area contributed by atoms with E-state index < -0.39 is 5.41 Å². The highest BCUT2D eigenvalue weighted by atomic mass is 16.2. The molecule has 2 N–H and O–H groups in total. The van der Waals surface area contributed by atoms with Crippen molar-refractivity contribution >= 4 is 5.91 Å². The van der Waals surface area contributed by atoms with Gasteiger partial charge in [0.05, 0.1) is 12.0 Å². The van der Waals surface area contributed by atoms with E-state index in [0.717, 1.165) is 12.4 Å². The maximum Gasteiger partial charge on any atom is 0.226 e. The molecule has 17 heavy (non-hydrogen) atoms. The van der Waals surface area contributed by atoms with Crippen molar-refractivity contribution in [2.24, 2.45) is 5.41 Å². The van der Waals surface area contributed by atoms with Gasteiger partial charge >= 0.3 is 0 Å². The maximum absolute atomic E-state index is 11.6. The fourth-order valence-electron chi connectivity index (χ4n) is 1.59. The van der Waals surface area contributed by atoms with Gasteiger partial charge in [0.2, 0.25) is 5.91 Å². The molecule has 0 aliphatic rings. The predicted molar refractivity (Wildman–Crippen MR) is 65.3 cm³/mol. The third kappa shape index (κ3) is 3.52. The molecule has 0 aromatic carbocycles. The first kappa shape index (κ1) is 13.6. The first-order valence-electron chi connectivity index (χ1n) is 5.81. The Morgan fingerprint density at radius 1 is 1.53 bits per heavy atom. The number of amides is 1. The number of nitrogens with one attached hydrogen (secondary N) is 2. The van der Waals surface area contributed by atoms with Crippen molar-refractivity contribution < 1.29 is 4.79 Å². The SMILES string of the molecule is CCn1ncnc1CNCC(C)(C)C(=O)NC. The van der Waals surface area contributed by atoms with E-state index in [9.17, 15) is 4.79 Å². The summed E-state index contributed by atoms with van der Waals surface area (Å²) in [5.74, 6) is 0.919. The van der Waals surface area contributed by atoms with Crippen molar-refractivity contribution in [3.8, 4) is 0 Å².